The van der Waals surface area contributed by atoms with Crippen LogP contribution < -0.4 is 5.32 Å². The molecule has 0 radical (unpaired) electrons. The van der Waals surface area contributed by atoms with Crippen LogP contribution in [0, 0.1) is 0 Å². The molecule has 0 aromatic heterocycles. The molecular weight excluding hydrogens is 1170 g/mol. The average Bonchev–Trinajstić information content (AvgIpc) is 0.850. The molecule has 17 atom stereocenters. The first-order chi connectivity index (χ1) is 44.3. The van der Waals surface area contributed by atoms with Crippen molar-refractivity contribution in [2.24, 2.45) is 0 Å². The summed E-state index contributed by atoms with van der Waals surface area (Å²) in [7, 11) is 0. The molecule has 1 amide bonds. The Bertz CT molecular complexity index is 1790. The molecule has 0 bridgehead atoms. The zero-order valence-corrected chi connectivity index (χ0v) is 56.6. The van der Waals surface area contributed by atoms with Crippen LogP contribution in [-0.4, -0.2) is 193 Å². The molecule has 3 aliphatic rings. The van der Waals surface area contributed by atoms with Crippen molar-refractivity contribution < 1.29 is 89.4 Å². The largest absolute Gasteiger partial charge is 0.394 e. The van der Waals surface area contributed by atoms with Crippen molar-refractivity contribution in [2.75, 3.05) is 26.4 Å². The molecule has 19 nitrogen and oxygen atoms in total. The third kappa shape index (κ3) is 35.7. The first-order valence-corrected chi connectivity index (χ1v) is 36.7. The van der Waals surface area contributed by atoms with E-state index in [0.717, 1.165) is 57.8 Å². The van der Waals surface area contributed by atoms with E-state index in [2.05, 4.69) is 43.5 Å². The number of aliphatic hydroxyl groups is 11. The highest BCUT2D eigenvalue weighted by Crippen LogP contribution is 2.33. The highest BCUT2D eigenvalue weighted by Gasteiger charge is 2.53. The first-order valence-electron chi connectivity index (χ1n) is 36.7. The smallest absolute Gasteiger partial charge is 0.220 e. The molecule has 3 fully saturated rings. The predicted molar refractivity (Wildman–Crippen MR) is 356 cm³/mol. The van der Waals surface area contributed by atoms with Crippen LogP contribution in [0.2, 0.25) is 0 Å². The van der Waals surface area contributed by atoms with Crippen LogP contribution in [-0.2, 0) is 33.2 Å². The molecular formula is C72H133NO18. The van der Waals surface area contributed by atoms with Gasteiger partial charge in [0.1, 0.15) is 73.2 Å². The second kappa shape index (κ2) is 54.1. The van der Waals surface area contributed by atoms with Crippen LogP contribution in [0.1, 0.15) is 284 Å². The summed E-state index contributed by atoms with van der Waals surface area (Å²) in [6, 6.07) is -0.994. The van der Waals surface area contributed by atoms with Crippen LogP contribution in [0.25, 0.3) is 0 Å². The summed E-state index contributed by atoms with van der Waals surface area (Å²) in [5, 5.41) is 120. The molecule has 0 spiro atoms. The van der Waals surface area contributed by atoms with E-state index >= 15 is 0 Å². The molecule has 91 heavy (non-hydrogen) atoms. The van der Waals surface area contributed by atoms with Crippen molar-refractivity contribution in [1.82, 2.24) is 5.32 Å². The van der Waals surface area contributed by atoms with Gasteiger partial charge in [-0.25, -0.2) is 0 Å². The molecule has 3 saturated heterocycles. The van der Waals surface area contributed by atoms with Gasteiger partial charge in [0, 0.05) is 6.42 Å². The molecule has 3 rings (SSSR count). The molecule has 19 heteroatoms. The quantitative estimate of drug-likeness (QED) is 0.0199. The SMILES string of the molecule is CCCCCCC/C=C\CCCCCCCC(=O)NC(COC1OC(CO)C(OC2OC(CO)C(OC3OC(CO)C(O)C(O)C3O)C(O)C2O)C(O)C1O)C(O)/C=C/CC/C=C/CCCCCCCCCCCCCCCCCCCCCCCCCCCC. The van der Waals surface area contributed by atoms with E-state index in [0.29, 0.717) is 12.8 Å². The van der Waals surface area contributed by atoms with E-state index in [1.54, 1.807) is 6.08 Å². The van der Waals surface area contributed by atoms with Crippen LogP contribution >= 0.6 is 0 Å². The fourth-order valence-electron chi connectivity index (χ4n) is 12.4. The van der Waals surface area contributed by atoms with Crippen molar-refractivity contribution in [2.45, 2.75) is 388 Å². The van der Waals surface area contributed by atoms with Gasteiger partial charge >= 0.3 is 0 Å². The molecule has 0 saturated carbocycles. The van der Waals surface area contributed by atoms with E-state index in [4.69, 9.17) is 28.4 Å². The topological polar surface area (TPSA) is 307 Å². The summed E-state index contributed by atoms with van der Waals surface area (Å²) in [6.45, 7) is 1.72. The molecule has 0 aliphatic carbocycles. The van der Waals surface area contributed by atoms with Crippen molar-refractivity contribution >= 4 is 5.91 Å². The minimum atomic E-state index is -1.98. The zero-order chi connectivity index (χ0) is 66.1. The third-order valence-corrected chi connectivity index (χ3v) is 18.4. The maximum absolute atomic E-state index is 13.4. The van der Waals surface area contributed by atoms with Crippen molar-refractivity contribution in [1.29, 1.82) is 0 Å². The lowest BCUT2D eigenvalue weighted by Crippen LogP contribution is -2.66. The summed E-state index contributed by atoms with van der Waals surface area (Å²) in [5.74, 6) is -0.293. The Kier molecular flexibility index (Phi) is 49.5. The highest BCUT2D eigenvalue weighted by molar-refractivity contribution is 5.76. The number of nitrogens with one attached hydrogen (secondary N) is 1. The summed E-state index contributed by atoms with van der Waals surface area (Å²) in [5.41, 5.74) is 0. The Hall–Kier alpha value is -1.99. The second-order valence-electron chi connectivity index (χ2n) is 26.4. The number of hydrogen-bond donors (Lipinski definition) is 12. The molecule has 3 aliphatic heterocycles. The fourth-order valence-corrected chi connectivity index (χ4v) is 12.4. The van der Waals surface area contributed by atoms with Gasteiger partial charge in [-0.15, -0.1) is 0 Å². The number of unbranched alkanes of at least 4 members (excludes halogenated alkanes) is 37. The van der Waals surface area contributed by atoms with Crippen LogP contribution in [0.15, 0.2) is 36.5 Å². The minimum Gasteiger partial charge on any atom is -0.394 e. The summed E-state index contributed by atoms with van der Waals surface area (Å²) < 4.78 is 34.3. The monoisotopic (exact) mass is 1300 g/mol. The maximum atomic E-state index is 13.4. The lowest BCUT2D eigenvalue weighted by molar-refractivity contribution is -0.379. The number of allylic oxidation sites excluding steroid dienone is 5. The minimum absolute atomic E-state index is 0.226. The number of carbonyl (C=O) groups excluding carboxylic acids is 1. The van der Waals surface area contributed by atoms with Crippen LogP contribution in [0.5, 0.6) is 0 Å². The van der Waals surface area contributed by atoms with Crippen molar-refractivity contribution in [3.8, 4) is 0 Å². The Morgan fingerprint density at radius 2 is 0.703 bits per heavy atom. The summed E-state index contributed by atoms with van der Waals surface area (Å²) in [6.07, 6.45) is 37.3. The van der Waals surface area contributed by atoms with Gasteiger partial charge in [0.05, 0.1) is 38.6 Å². The number of aliphatic hydroxyl groups excluding tert-OH is 11. The van der Waals surface area contributed by atoms with Gasteiger partial charge in [-0.3, -0.25) is 4.79 Å². The normalized spacial score (nSPS) is 28.0. The lowest BCUT2D eigenvalue weighted by atomic mass is 9.96. The van der Waals surface area contributed by atoms with E-state index in [-0.39, 0.29) is 18.9 Å². The van der Waals surface area contributed by atoms with Gasteiger partial charge in [-0.2, -0.15) is 0 Å². The van der Waals surface area contributed by atoms with Crippen LogP contribution in [0.4, 0.5) is 0 Å². The Labute approximate surface area is 549 Å². The number of ether oxygens (including phenoxy) is 6. The van der Waals surface area contributed by atoms with E-state index in [1.807, 2.05) is 6.08 Å². The lowest BCUT2D eigenvalue weighted by Gasteiger charge is -2.48. The molecule has 0 aromatic rings. The van der Waals surface area contributed by atoms with Crippen molar-refractivity contribution in [3.05, 3.63) is 36.5 Å². The molecule has 534 valence electrons. The predicted octanol–water partition coefficient (Wildman–Crippen LogP) is 10.4. The summed E-state index contributed by atoms with van der Waals surface area (Å²) in [4.78, 5) is 13.4. The average molecular weight is 1300 g/mol. The zero-order valence-electron chi connectivity index (χ0n) is 56.6. The Morgan fingerprint density at radius 1 is 0.385 bits per heavy atom. The van der Waals surface area contributed by atoms with E-state index < -0.39 is 124 Å². The third-order valence-electron chi connectivity index (χ3n) is 18.4. The van der Waals surface area contributed by atoms with Gasteiger partial charge in [-0.05, 0) is 57.8 Å². The van der Waals surface area contributed by atoms with Gasteiger partial charge in [0.25, 0.3) is 0 Å². The van der Waals surface area contributed by atoms with E-state index in [1.165, 1.54) is 193 Å². The van der Waals surface area contributed by atoms with E-state index in [9.17, 15) is 61.0 Å². The number of amides is 1. The van der Waals surface area contributed by atoms with Crippen LogP contribution in [0.3, 0.4) is 0 Å². The number of hydrogen-bond acceptors (Lipinski definition) is 18. The number of rotatable bonds is 57. The Morgan fingerprint density at radius 3 is 1.10 bits per heavy atom. The molecule has 0 aromatic carbocycles. The molecule has 17 unspecified atom stereocenters. The summed E-state index contributed by atoms with van der Waals surface area (Å²) >= 11 is 0. The van der Waals surface area contributed by atoms with Gasteiger partial charge in [0.15, 0.2) is 18.9 Å². The first kappa shape index (κ1) is 83.2. The fraction of sp³-hybridized carbons (Fsp3) is 0.903. The number of carbonyl (C=O) groups is 1. The standard InChI is InChI=1S/C72H133NO18/c1-3-5-7-9-11-13-15-17-19-20-21-22-23-24-25-26-27-28-29-30-31-32-33-34-35-36-37-39-41-43-45-47-49-56(77)55(73-60(78)50-48-46-44-42-40-38-18-16-14-12-10-8-6-4-2)54-86-70-66(84)63(81)68(58(52-75)88-70)91-72-67(85)64(82)69(59(53-76)89-72)90-71-65(83)62(80)61(79)57(51-74)87-71/h16,18,39,41,47,49,55-59,61-72,74-77,79-85H,3-15,17,19-38,40,42-46,48,50-54H2,1-2H3,(H,73,78)/b18-16-,41-39+,49-47+. The van der Waals surface area contributed by atoms with Crippen molar-refractivity contribution in [3.63, 3.8) is 0 Å². The maximum Gasteiger partial charge on any atom is 0.220 e. The van der Waals surface area contributed by atoms with Gasteiger partial charge in [-0.1, -0.05) is 256 Å². The Balaban J connectivity index is 1.39. The molecule has 3 heterocycles. The van der Waals surface area contributed by atoms with Gasteiger partial charge in [0.2, 0.25) is 5.91 Å². The molecule has 12 N–H and O–H groups in total. The van der Waals surface area contributed by atoms with Gasteiger partial charge < -0.3 is 89.9 Å². The highest BCUT2D eigenvalue weighted by atomic mass is 16.8. The second-order valence-corrected chi connectivity index (χ2v) is 26.4.